The van der Waals surface area contributed by atoms with Gasteiger partial charge in [0.25, 0.3) is 0 Å². The number of ether oxygens (including phenoxy) is 2. The fourth-order valence-electron chi connectivity index (χ4n) is 2.01. The Kier molecular flexibility index (Phi) is 5.94. The van der Waals surface area contributed by atoms with Crippen LogP contribution in [-0.4, -0.2) is 20.0 Å². The molecule has 0 N–H and O–H groups in total. The first kappa shape index (κ1) is 17.7. The van der Waals surface area contributed by atoms with E-state index in [0.717, 1.165) is 0 Å². The summed E-state index contributed by atoms with van der Waals surface area (Å²) in [6.07, 6.45) is 3.02. The first-order chi connectivity index (χ1) is 11.0. The molecule has 0 atom stereocenters. The lowest BCUT2D eigenvalue weighted by atomic mass is 10.1. The van der Waals surface area contributed by atoms with Gasteiger partial charge < -0.3 is 9.47 Å². The van der Waals surface area contributed by atoms with Crippen molar-refractivity contribution < 1.29 is 14.3 Å². The monoisotopic (exact) mass is 370 g/mol. The first-order valence-corrected chi connectivity index (χ1v) is 7.70. The van der Waals surface area contributed by atoms with Crippen molar-refractivity contribution in [1.82, 2.24) is 0 Å². The average molecular weight is 372 g/mol. The summed E-state index contributed by atoms with van der Waals surface area (Å²) < 4.78 is 10.5. The molecule has 120 valence electrons. The Bertz CT molecular complexity index is 770. The number of halogens is 3. The van der Waals surface area contributed by atoms with Gasteiger partial charge in [-0.1, -0.05) is 46.9 Å². The van der Waals surface area contributed by atoms with E-state index in [1.54, 1.807) is 25.3 Å². The summed E-state index contributed by atoms with van der Waals surface area (Å²) >= 11 is 17.9. The van der Waals surface area contributed by atoms with E-state index in [-0.39, 0.29) is 21.4 Å². The molecule has 2 rings (SSSR count). The van der Waals surface area contributed by atoms with Crippen molar-refractivity contribution in [2.75, 3.05) is 14.2 Å². The molecule has 2 aromatic rings. The fourth-order valence-corrected chi connectivity index (χ4v) is 2.64. The number of benzene rings is 2. The number of carbonyl (C=O) groups is 1. The molecule has 0 unspecified atom stereocenters. The van der Waals surface area contributed by atoms with Crippen molar-refractivity contribution in [2.45, 2.75) is 0 Å². The van der Waals surface area contributed by atoms with Crippen molar-refractivity contribution in [3.8, 4) is 11.5 Å². The van der Waals surface area contributed by atoms with Gasteiger partial charge in [-0.25, -0.2) is 0 Å². The molecular formula is C17H13Cl3O3. The van der Waals surface area contributed by atoms with E-state index in [0.29, 0.717) is 22.1 Å². The van der Waals surface area contributed by atoms with Crippen LogP contribution in [0.5, 0.6) is 11.5 Å². The van der Waals surface area contributed by atoms with Gasteiger partial charge >= 0.3 is 0 Å². The Labute approximate surface area is 149 Å². The molecule has 6 heteroatoms. The average Bonchev–Trinajstić information content (AvgIpc) is 2.57. The molecule has 0 aliphatic carbocycles. The predicted molar refractivity (Wildman–Crippen MR) is 94.4 cm³/mol. The van der Waals surface area contributed by atoms with E-state index < -0.39 is 0 Å². The molecular weight excluding hydrogens is 359 g/mol. The van der Waals surface area contributed by atoms with Crippen LogP contribution in [0, 0.1) is 0 Å². The van der Waals surface area contributed by atoms with Gasteiger partial charge in [-0.3, -0.25) is 4.79 Å². The summed E-state index contributed by atoms with van der Waals surface area (Å²) in [7, 11) is 3.08. The maximum Gasteiger partial charge on any atom is 0.187 e. The quantitative estimate of drug-likeness (QED) is 0.392. The summed E-state index contributed by atoms with van der Waals surface area (Å²) in [4.78, 5) is 12.3. The van der Waals surface area contributed by atoms with Crippen LogP contribution in [0.4, 0.5) is 0 Å². The third kappa shape index (κ3) is 3.81. The minimum absolute atomic E-state index is 0.131. The van der Waals surface area contributed by atoms with Crippen LogP contribution < -0.4 is 9.47 Å². The lowest BCUT2D eigenvalue weighted by Crippen LogP contribution is -1.97. The van der Waals surface area contributed by atoms with Crippen LogP contribution in [0.3, 0.4) is 0 Å². The topological polar surface area (TPSA) is 35.5 Å². The second-order valence-corrected chi connectivity index (χ2v) is 5.67. The molecule has 0 aliphatic heterocycles. The number of hydrogen-bond acceptors (Lipinski definition) is 3. The van der Waals surface area contributed by atoms with E-state index in [9.17, 15) is 4.79 Å². The summed E-state index contributed by atoms with van der Waals surface area (Å²) in [6, 6.07) is 8.45. The number of allylic oxidation sites excluding steroid dienone is 1. The van der Waals surface area contributed by atoms with Crippen LogP contribution in [-0.2, 0) is 0 Å². The maximum atomic E-state index is 12.3. The summed E-state index contributed by atoms with van der Waals surface area (Å²) in [5.74, 6) is 0.826. The van der Waals surface area contributed by atoms with Crippen LogP contribution in [0.15, 0.2) is 36.4 Å². The summed E-state index contributed by atoms with van der Waals surface area (Å²) in [5.41, 5.74) is 0.982. The van der Waals surface area contributed by atoms with E-state index in [1.807, 2.05) is 6.07 Å². The lowest BCUT2D eigenvalue weighted by Gasteiger charge is -2.09. The smallest absolute Gasteiger partial charge is 0.187 e. The molecule has 0 bridgehead atoms. The largest absolute Gasteiger partial charge is 0.493 e. The minimum atomic E-state index is -0.293. The summed E-state index contributed by atoms with van der Waals surface area (Å²) in [6.45, 7) is 0. The highest BCUT2D eigenvalue weighted by Gasteiger charge is 2.14. The van der Waals surface area contributed by atoms with Gasteiger partial charge in [0.15, 0.2) is 17.3 Å². The second kappa shape index (κ2) is 7.73. The SMILES string of the molecule is COc1cccc(/C=C/C(=O)c2ccc(Cl)c(Cl)c2Cl)c1OC. The van der Waals surface area contributed by atoms with Gasteiger partial charge in [0.05, 0.1) is 29.3 Å². The molecule has 0 saturated heterocycles. The van der Waals surface area contributed by atoms with E-state index in [1.165, 1.54) is 25.3 Å². The molecule has 0 aliphatic rings. The molecule has 0 fully saturated rings. The molecule has 0 amide bonds. The molecule has 0 aromatic heterocycles. The fraction of sp³-hybridized carbons (Fsp3) is 0.118. The molecule has 0 saturated carbocycles. The Hall–Kier alpha value is -1.68. The summed E-state index contributed by atoms with van der Waals surface area (Å²) in [5, 5.41) is 0.588. The highest BCUT2D eigenvalue weighted by molar-refractivity contribution is 6.49. The number of carbonyl (C=O) groups excluding carboxylic acids is 1. The third-order valence-electron chi connectivity index (χ3n) is 3.15. The number of rotatable bonds is 5. The van der Waals surface area contributed by atoms with Crippen molar-refractivity contribution in [1.29, 1.82) is 0 Å². The molecule has 0 heterocycles. The zero-order valence-corrected chi connectivity index (χ0v) is 14.7. The van der Waals surface area contributed by atoms with Crippen molar-refractivity contribution in [2.24, 2.45) is 0 Å². The van der Waals surface area contributed by atoms with Gasteiger partial charge in [0.2, 0.25) is 0 Å². The highest BCUT2D eigenvalue weighted by atomic mass is 35.5. The van der Waals surface area contributed by atoms with Crippen molar-refractivity contribution in [3.05, 3.63) is 62.6 Å². The van der Waals surface area contributed by atoms with Crippen molar-refractivity contribution >= 4 is 46.7 Å². The van der Waals surface area contributed by atoms with Crippen molar-refractivity contribution in [3.63, 3.8) is 0 Å². The van der Waals surface area contributed by atoms with Crippen LogP contribution in [0.25, 0.3) is 6.08 Å². The maximum absolute atomic E-state index is 12.3. The Morgan fingerprint density at radius 1 is 1.00 bits per heavy atom. The van der Waals surface area contributed by atoms with Gasteiger partial charge in [-0.2, -0.15) is 0 Å². The lowest BCUT2D eigenvalue weighted by molar-refractivity contribution is 0.104. The van der Waals surface area contributed by atoms with Crippen LogP contribution in [0.2, 0.25) is 15.1 Å². The molecule has 2 aromatic carbocycles. The number of methoxy groups -OCH3 is 2. The molecule has 0 radical (unpaired) electrons. The number of ketones is 1. The highest BCUT2D eigenvalue weighted by Crippen LogP contribution is 2.34. The molecule has 0 spiro atoms. The van der Waals surface area contributed by atoms with Gasteiger partial charge in [-0.05, 0) is 30.4 Å². The second-order valence-electron chi connectivity index (χ2n) is 4.50. The van der Waals surface area contributed by atoms with Gasteiger partial charge in [0, 0.05) is 11.1 Å². The van der Waals surface area contributed by atoms with Gasteiger partial charge in [0.1, 0.15) is 0 Å². The Balaban J connectivity index is 2.34. The van der Waals surface area contributed by atoms with E-state index in [2.05, 4.69) is 0 Å². The number of para-hydroxylation sites is 1. The zero-order chi connectivity index (χ0) is 17.0. The van der Waals surface area contributed by atoms with E-state index in [4.69, 9.17) is 44.3 Å². The number of hydrogen-bond donors (Lipinski definition) is 0. The van der Waals surface area contributed by atoms with E-state index >= 15 is 0 Å². The van der Waals surface area contributed by atoms with Crippen LogP contribution >= 0.6 is 34.8 Å². The zero-order valence-electron chi connectivity index (χ0n) is 12.4. The van der Waals surface area contributed by atoms with Gasteiger partial charge in [-0.15, -0.1) is 0 Å². The molecule has 23 heavy (non-hydrogen) atoms. The third-order valence-corrected chi connectivity index (χ3v) is 4.44. The van der Waals surface area contributed by atoms with Crippen LogP contribution in [0.1, 0.15) is 15.9 Å². The Morgan fingerprint density at radius 2 is 1.74 bits per heavy atom. The minimum Gasteiger partial charge on any atom is -0.493 e. The predicted octanol–water partition coefficient (Wildman–Crippen LogP) is 5.56. The first-order valence-electron chi connectivity index (χ1n) is 6.56. The Morgan fingerprint density at radius 3 is 2.39 bits per heavy atom. The normalized spacial score (nSPS) is 10.8. The standard InChI is InChI=1S/C17H13Cl3O3/c1-22-14-5-3-4-10(17(14)23-2)6-9-13(21)11-7-8-12(18)16(20)15(11)19/h3-9H,1-2H3/b9-6+. The molecule has 3 nitrogen and oxygen atoms in total.